The molecule has 0 fully saturated rings. The summed E-state index contributed by atoms with van der Waals surface area (Å²) in [7, 11) is 1.55. The largest absolute Gasteiger partial charge is 0.354 e. The van der Waals surface area contributed by atoms with Crippen molar-refractivity contribution in [3.63, 3.8) is 0 Å². The van der Waals surface area contributed by atoms with E-state index < -0.39 is 0 Å². The molecule has 7 heteroatoms. The van der Waals surface area contributed by atoms with Gasteiger partial charge in [0.2, 0.25) is 0 Å². The zero-order valence-electron chi connectivity index (χ0n) is 8.56. The number of amides is 1. The third-order valence-electron chi connectivity index (χ3n) is 1.92. The number of aromatic amines is 1. The fourth-order valence-corrected chi connectivity index (χ4v) is 1.18. The van der Waals surface area contributed by atoms with Crippen LogP contribution in [0.2, 0.25) is 0 Å². The van der Waals surface area contributed by atoms with Crippen LogP contribution in [-0.2, 0) is 0 Å². The van der Waals surface area contributed by atoms with Crippen LogP contribution in [0.25, 0.3) is 0 Å². The summed E-state index contributed by atoms with van der Waals surface area (Å²) in [4.78, 5) is 19.4. The molecule has 3 N–H and O–H groups in total. The third kappa shape index (κ3) is 1.97. The number of aromatic nitrogens is 4. The van der Waals surface area contributed by atoms with Crippen molar-refractivity contribution >= 4 is 17.4 Å². The Balaban J connectivity index is 2.22. The highest BCUT2D eigenvalue weighted by Crippen LogP contribution is 2.15. The number of carbonyl (C=O) groups is 1. The lowest BCUT2D eigenvalue weighted by atomic mass is 10.3. The Hall–Kier alpha value is -2.44. The standard InChI is InChI=1S/C9H10N6O/c1-10-9(16)8-6(4-13-15-8)14-7-5-11-2-3-12-7/h2-5H,1H3,(H,10,16)(H,12,14)(H,13,15). The maximum absolute atomic E-state index is 11.4. The molecule has 0 spiro atoms. The molecule has 0 aliphatic heterocycles. The quantitative estimate of drug-likeness (QED) is 0.688. The van der Waals surface area contributed by atoms with Crippen molar-refractivity contribution in [3.8, 4) is 0 Å². The lowest BCUT2D eigenvalue weighted by Crippen LogP contribution is -2.19. The summed E-state index contributed by atoms with van der Waals surface area (Å²) in [6.45, 7) is 0. The normalized spacial score (nSPS) is 9.81. The fraction of sp³-hybridized carbons (Fsp3) is 0.111. The number of hydrogen-bond acceptors (Lipinski definition) is 5. The second-order valence-corrected chi connectivity index (χ2v) is 2.95. The number of nitrogens with one attached hydrogen (secondary N) is 3. The zero-order chi connectivity index (χ0) is 11.4. The van der Waals surface area contributed by atoms with Crippen LogP contribution in [0.15, 0.2) is 24.8 Å². The van der Waals surface area contributed by atoms with Crippen LogP contribution >= 0.6 is 0 Å². The highest BCUT2D eigenvalue weighted by molar-refractivity contribution is 5.97. The minimum atomic E-state index is -0.246. The van der Waals surface area contributed by atoms with Crippen LogP contribution < -0.4 is 10.6 Å². The molecule has 0 saturated heterocycles. The zero-order valence-corrected chi connectivity index (χ0v) is 8.56. The van der Waals surface area contributed by atoms with Gasteiger partial charge in [0.05, 0.1) is 18.1 Å². The number of anilines is 2. The van der Waals surface area contributed by atoms with E-state index in [-0.39, 0.29) is 5.91 Å². The predicted molar refractivity (Wildman–Crippen MR) is 57.3 cm³/mol. The number of hydrogen-bond donors (Lipinski definition) is 3. The summed E-state index contributed by atoms with van der Waals surface area (Å²) in [5.74, 6) is 0.304. The van der Waals surface area contributed by atoms with E-state index in [1.807, 2.05) is 0 Å². The molecule has 0 saturated carbocycles. The Morgan fingerprint density at radius 2 is 2.25 bits per heavy atom. The number of nitrogens with zero attached hydrogens (tertiary/aromatic N) is 3. The smallest absolute Gasteiger partial charge is 0.271 e. The molecule has 2 heterocycles. The van der Waals surface area contributed by atoms with Crippen LogP contribution in [0.1, 0.15) is 10.5 Å². The van der Waals surface area contributed by atoms with Crippen molar-refractivity contribution in [1.29, 1.82) is 0 Å². The molecule has 2 aromatic rings. The van der Waals surface area contributed by atoms with E-state index in [9.17, 15) is 4.79 Å². The molecule has 7 nitrogen and oxygen atoms in total. The molecule has 0 aromatic carbocycles. The van der Waals surface area contributed by atoms with E-state index in [0.717, 1.165) is 0 Å². The minimum Gasteiger partial charge on any atom is -0.354 e. The Kier molecular flexibility index (Phi) is 2.77. The number of H-pyrrole nitrogens is 1. The Morgan fingerprint density at radius 1 is 1.38 bits per heavy atom. The van der Waals surface area contributed by atoms with Crippen LogP contribution in [0.3, 0.4) is 0 Å². The molecule has 0 unspecified atom stereocenters. The van der Waals surface area contributed by atoms with E-state index in [4.69, 9.17) is 0 Å². The van der Waals surface area contributed by atoms with Crippen molar-refractivity contribution in [2.75, 3.05) is 12.4 Å². The molecule has 1 amide bonds. The Morgan fingerprint density at radius 3 is 2.94 bits per heavy atom. The van der Waals surface area contributed by atoms with Gasteiger partial charge in [0.1, 0.15) is 11.5 Å². The van der Waals surface area contributed by atoms with Gasteiger partial charge in [0, 0.05) is 19.4 Å². The summed E-state index contributed by atoms with van der Waals surface area (Å²) >= 11 is 0. The van der Waals surface area contributed by atoms with Crippen LogP contribution in [0.4, 0.5) is 11.5 Å². The molecule has 16 heavy (non-hydrogen) atoms. The molecular formula is C9H10N6O. The number of carbonyl (C=O) groups excluding carboxylic acids is 1. The maximum Gasteiger partial charge on any atom is 0.271 e. The van der Waals surface area contributed by atoms with Crippen LogP contribution in [0.5, 0.6) is 0 Å². The molecule has 0 bridgehead atoms. The van der Waals surface area contributed by atoms with E-state index in [1.165, 1.54) is 6.20 Å². The fourth-order valence-electron chi connectivity index (χ4n) is 1.18. The highest BCUT2D eigenvalue weighted by Gasteiger charge is 2.12. The molecule has 0 aliphatic carbocycles. The average molecular weight is 218 g/mol. The van der Waals surface area contributed by atoms with E-state index in [0.29, 0.717) is 17.2 Å². The van der Waals surface area contributed by atoms with E-state index >= 15 is 0 Å². The van der Waals surface area contributed by atoms with Gasteiger partial charge in [-0.25, -0.2) is 4.98 Å². The van der Waals surface area contributed by atoms with Gasteiger partial charge < -0.3 is 10.6 Å². The van der Waals surface area contributed by atoms with Gasteiger partial charge in [-0.2, -0.15) is 5.10 Å². The first kappa shape index (κ1) is 10.1. The van der Waals surface area contributed by atoms with Gasteiger partial charge in [-0.1, -0.05) is 0 Å². The van der Waals surface area contributed by atoms with E-state index in [1.54, 1.807) is 25.6 Å². The van der Waals surface area contributed by atoms with Crippen LogP contribution in [0, 0.1) is 0 Å². The Bertz CT molecular complexity index is 480. The second kappa shape index (κ2) is 4.39. The molecule has 0 atom stereocenters. The summed E-state index contributed by atoms with van der Waals surface area (Å²) in [6.07, 6.45) is 6.20. The third-order valence-corrected chi connectivity index (χ3v) is 1.92. The predicted octanol–water partition coefficient (Wildman–Crippen LogP) is 0.303. The van der Waals surface area contributed by atoms with E-state index in [2.05, 4.69) is 30.8 Å². The van der Waals surface area contributed by atoms with Gasteiger partial charge in [0.25, 0.3) is 5.91 Å². The molecule has 2 aromatic heterocycles. The topological polar surface area (TPSA) is 95.6 Å². The molecule has 82 valence electrons. The van der Waals surface area contributed by atoms with Gasteiger partial charge in [-0.05, 0) is 0 Å². The SMILES string of the molecule is CNC(=O)c1[nH]ncc1Nc1cnccn1. The van der Waals surface area contributed by atoms with Gasteiger partial charge in [0.15, 0.2) is 0 Å². The maximum atomic E-state index is 11.4. The summed E-state index contributed by atoms with van der Waals surface area (Å²) < 4.78 is 0. The molecule has 0 radical (unpaired) electrons. The van der Waals surface area contributed by atoms with Crippen molar-refractivity contribution in [3.05, 3.63) is 30.5 Å². The van der Waals surface area contributed by atoms with Gasteiger partial charge >= 0.3 is 0 Å². The van der Waals surface area contributed by atoms with Crippen molar-refractivity contribution in [1.82, 2.24) is 25.5 Å². The molecular weight excluding hydrogens is 208 g/mol. The minimum absolute atomic E-state index is 0.246. The summed E-state index contributed by atoms with van der Waals surface area (Å²) in [5, 5.41) is 11.8. The molecule has 2 rings (SSSR count). The van der Waals surface area contributed by atoms with Gasteiger partial charge in [-0.15, -0.1) is 0 Å². The van der Waals surface area contributed by atoms with Crippen molar-refractivity contribution in [2.24, 2.45) is 0 Å². The highest BCUT2D eigenvalue weighted by atomic mass is 16.1. The van der Waals surface area contributed by atoms with Gasteiger partial charge in [-0.3, -0.25) is 14.9 Å². The van der Waals surface area contributed by atoms with Crippen LogP contribution in [-0.4, -0.2) is 33.1 Å². The second-order valence-electron chi connectivity index (χ2n) is 2.95. The monoisotopic (exact) mass is 218 g/mol. The lowest BCUT2D eigenvalue weighted by Gasteiger charge is -2.03. The van der Waals surface area contributed by atoms with Crippen molar-refractivity contribution < 1.29 is 4.79 Å². The summed E-state index contributed by atoms with van der Waals surface area (Å²) in [5.41, 5.74) is 0.910. The average Bonchev–Trinajstić information content (AvgIpc) is 2.77. The first-order chi connectivity index (χ1) is 7.81. The number of rotatable bonds is 3. The van der Waals surface area contributed by atoms with Crippen molar-refractivity contribution in [2.45, 2.75) is 0 Å². The first-order valence-electron chi connectivity index (χ1n) is 4.59. The Labute approximate surface area is 91.3 Å². The first-order valence-corrected chi connectivity index (χ1v) is 4.59. The molecule has 0 aliphatic rings. The summed E-state index contributed by atoms with van der Waals surface area (Å²) in [6, 6.07) is 0. The lowest BCUT2D eigenvalue weighted by molar-refractivity contribution is 0.0959.